The van der Waals surface area contributed by atoms with Crippen molar-refractivity contribution < 1.29 is 9.59 Å². The minimum atomic E-state index is -0.780. The molecular weight excluding hydrogens is 250 g/mol. The van der Waals surface area contributed by atoms with Crippen LogP contribution >= 0.6 is 24.2 Å². The highest BCUT2D eigenvalue weighted by Crippen LogP contribution is 2.18. The lowest BCUT2D eigenvalue weighted by atomic mass is 10.2. The smallest absolute Gasteiger partial charge is 0.240 e. The summed E-state index contributed by atoms with van der Waals surface area (Å²) in [4.78, 5) is 24.1. The quantitative estimate of drug-likeness (QED) is 0.727. The number of nitrogens with zero attached hydrogens (tertiary/aromatic N) is 1. The van der Waals surface area contributed by atoms with Gasteiger partial charge >= 0.3 is 0 Å². The summed E-state index contributed by atoms with van der Waals surface area (Å²) in [6, 6.07) is -0.780. The predicted octanol–water partition coefficient (Wildman–Crippen LogP) is -0.425. The highest BCUT2D eigenvalue weighted by atomic mass is 35.5. The Labute approximate surface area is 106 Å². The molecule has 0 aromatic rings. The van der Waals surface area contributed by atoms with Crippen LogP contribution in [-0.4, -0.2) is 46.8 Å². The number of carbonyl (C=O) groups is 2. The standard InChI is InChI=1S/C9H17N3O2S.ClH/c1-6-5-12(2-3-15-6)9(14)7(10)4-8(11)13;/h6-7H,2-5,10H2,1H3,(H2,11,13);1H. The molecule has 1 heterocycles. The zero-order valence-corrected chi connectivity index (χ0v) is 10.9. The summed E-state index contributed by atoms with van der Waals surface area (Å²) >= 11 is 1.84. The molecule has 94 valence electrons. The van der Waals surface area contributed by atoms with Gasteiger partial charge in [0.05, 0.1) is 12.5 Å². The molecule has 4 N–H and O–H groups in total. The summed E-state index contributed by atoms with van der Waals surface area (Å²) in [7, 11) is 0. The van der Waals surface area contributed by atoms with Crippen molar-refractivity contribution in [3.63, 3.8) is 0 Å². The van der Waals surface area contributed by atoms with E-state index in [0.717, 1.165) is 5.75 Å². The average Bonchev–Trinajstić information content (AvgIpc) is 2.15. The first-order chi connectivity index (χ1) is 7.00. The van der Waals surface area contributed by atoms with Crippen LogP contribution in [0.15, 0.2) is 0 Å². The molecule has 1 fully saturated rings. The average molecular weight is 268 g/mol. The Morgan fingerprint density at radius 2 is 2.19 bits per heavy atom. The van der Waals surface area contributed by atoms with Crippen LogP contribution in [0.4, 0.5) is 0 Å². The Morgan fingerprint density at radius 3 is 2.69 bits per heavy atom. The van der Waals surface area contributed by atoms with Gasteiger partial charge in [0.1, 0.15) is 0 Å². The lowest BCUT2D eigenvalue weighted by Crippen LogP contribution is -2.49. The van der Waals surface area contributed by atoms with Gasteiger partial charge in [-0.05, 0) is 0 Å². The minimum absolute atomic E-state index is 0. The van der Waals surface area contributed by atoms with E-state index in [1.165, 1.54) is 0 Å². The van der Waals surface area contributed by atoms with Gasteiger partial charge < -0.3 is 16.4 Å². The molecular formula is C9H18ClN3O2S. The van der Waals surface area contributed by atoms with Crippen molar-refractivity contribution in [2.24, 2.45) is 11.5 Å². The molecule has 2 unspecified atom stereocenters. The Bertz CT molecular complexity index is 265. The monoisotopic (exact) mass is 267 g/mol. The highest BCUT2D eigenvalue weighted by Gasteiger charge is 2.26. The summed E-state index contributed by atoms with van der Waals surface area (Å²) in [6.45, 7) is 3.49. The van der Waals surface area contributed by atoms with Gasteiger partial charge in [0.15, 0.2) is 0 Å². The van der Waals surface area contributed by atoms with E-state index in [1.807, 2.05) is 11.8 Å². The number of primary amides is 1. The fraction of sp³-hybridized carbons (Fsp3) is 0.778. The van der Waals surface area contributed by atoms with Crippen molar-refractivity contribution in [3.05, 3.63) is 0 Å². The number of halogens is 1. The first kappa shape index (κ1) is 15.5. The van der Waals surface area contributed by atoms with E-state index in [4.69, 9.17) is 11.5 Å². The number of amides is 2. The Kier molecular flexibility index (Phi) is 6.78. The van der Waals surface area contributed by atoms with Crippen LogP contribution in [0.2, 0.25) is 0 Å². The molecule has 0 radical (unpaired) electrons. The van der Waals surface area contributed by atoms with E-state index >= 15 is 0 Å². The fourth-order valence-corrected chi connectivity index (χ4v) is 2.57. The predicted molar refractivity (Wildman–Crippen MR) is 67.5 cm³/mol. The maximum atomic E-state index is 11.8. The third kappa shape index (κ3) is 4.59. The number of rotatable bonds is 3. The minimum Gasteiger partial charge on any atom is -0.370 e. The third-order valence-corrected chi connectivity index (χ3v) is 3.43. The van der Waals surface area contributed by atoms with Gasteiger partial charge in [0.25, 0.3) is 0 Å². The van der Waals surface area contributed by atoms with E-state index in [9.17, 15) is 9.59 Å². The molecule has 1 saturated heterocycles. The Hall–Kier alpha value is -0.460. The molecule has 0 aliphatic carbocycles. The molecule has 0 aromatic heterocycles. The van der Waals surface area contributed by atoms with Crippen LogP contribution < -0.4 is 11.5 Å². The van der Waals surface area contributed by atoms with Gasteiger partial charge in [0, 0.05) is 24.1 Å². The summed E-state index contributed by atoms with van der Waals surface area (Å²) in [5.41, 5.74) is 10.6. The van der Waals surface area contributed by atoms with Gasteiger partial charge in [0.2, 0.25) is 11.8 Å². The molecule has 0 bridgehead atoms. The Balaban J connectivity index is 0.00000225. The van der Waals surface area contributed by atoms with Crippen LogP contribution in [0.5, 0.6) is 0 Å². The topological polar surface area (TPSA) is 89.4 Å². The van der Waals surface area contributed by atoms with E-state index in [1.54, 1.807) is 4.90 Å². The molecule has 1 aliphatic heterocycles. The molecule has 5 nitrogen and oxygen atoms in total. The SMILES string of the molecule is CC1CN(C(=O)C(N)CC(N)=O)CCS1.Cl. The molecule has 1 rings (SSSR count). The molecule has 0 aromatic carbocycles. The molecule has 2 amide bonds. The van der Waals surface area contributed by atoms with E-state index in [2.05, 4.69) is 6.92 Å². The third-order valence-electron chi connectivity index (χ3n) is 2.29. The maximum absolute atomic E-state index is 11.8. The first-order valence-corrected chi connectivity index (χ1v) is 6.00. The van der Waals surface area contributed by atoms with Crippen molar-refractivity contribution in [1.82, 2.24) is 4.90 Å². The molecule has 16 heavy (non-hydrogen) atoms. The van der Waals surface area contributed by atoms with Gasteiger partial charge in [-0.1, -0.05) is 6.92 Å². The van der Waals surface area contributed by atoms with Crippen molar-refractivity contribution >= 4 is 36.0 Å². The van der Waals surface area contributed by atoms with Crippen molar-refractivity contribution in [1.29, 1.82) is 0 Å². The van der Waals surface area contributed by atoms with Gasteiger partial charge in [-0.3, -0.25) is 9.59 Å². The summed E-state index contributed by atoms with van der Waals surface area (Å²) in [5.74, 6) is 0.229. The van der Waals surface area contributed by atoms with E-state index in [0.29, 0.717) is 18.3 Å². The summed E-state index contributed by atoms with van der Waals surface area (Å²) < 4.78 is 0. The van der Waals surface area contributed by atoms with E-state index < -0.39 is 11.9 Å². The van der Waals surface area contributed by atoms with E-state index in [-0.39, 0.29) is 24.7 Å². The van der Waals surface area contributed by atoms with Crippen LogP contribution in [-0.2, 0) is 9.59 Å². The lowest BCUT2D eigenvalue weighted by Gasteiger charge is -2.32. The largest absolute Gasteiger partial charge is 0.370 e. The number of hydrogen-bond acceptors (Lipinski definition) is 4. The summed E-state index contributed by atoms with van der Waals surface area (Å²) in [5, 5.41) is 0.434. The maximum Gasteiger partial charge on any atom is 0.240 e. The second-order valence-electron chi connectivity index (χ2n) is 3.74. The van der Waals surface area contributed by atoms with Crippen LogP contribution in [0, 0.1) is 0 Å². The van der Waals surface area contributed by atoms with Gasteiger partial charge in [-0.25, -0.2) is 0 Å². The lowest BCUT2D eigenvalue weighted by molar-refractivity contribution is -0.134. The second kappa shape index (κ2) is 6.98. The van der Waals surface area contributed by atoms with Crippen molar-refractivity contribution in [2.45, 2.75) is 24.6 Å². The molecule has 1 aliphatic rings. The van der Waals surface area contributed by atoms with Crippen LogP contribution in [0.1, 0.15) is 13.3 Å². The molecule has 0 saturated carbocycles. The molecule has 0 spiro atoms. The first-order valence-electron chi connectivity index (χ1n) is 4.95. The van der Waals surface area contributed by atoms with Crippen LogP contribution in [0.3, 0.4) is 0 Å². The number of thioether (sulfide) groups is 1. The Morgan fingerprint density at radius 1 is 1.56 bits per heavy atom. The second-order valence-corrected chi connectivity index (χ2v) is 5.29. The van der Waals surface area contributed by atoms with Gasteiger partial charge in [-0.15, -0.1) is 12.4 Å². The molecule has 2 atom stereocenters. The zero-order valence-electron chi connectivity index (χ0n) is 9.22. The zero-order chi connectivity index (χ0) is 11.4. The number of nitrogens with two attached hydrogens (primary N) is 2. The molecule has 7 heteroatoms. The van der Waals surface area contributed by atoms with Crippen molar-refractivity contribution in [2.75, 3.05) is 18.8 Å². The number of hydrogen-bond donors (Lipinski definition) is 2. The highest BCUT2D eigenvalue weighted by molar-refractivity contribution is 7.99. The fourth-order valence-electron chi connectivity index (χ4n) is 1.56. The summed E-state index contributed by atoms with van der Waals surface area (Å²) in [6.07, 6.45) is -0.0726. The van der Waals surface area contributed by atoms with Gasteiger partial charge in [-0.2, -0.15) is 11.8 Å². The van der Waals surface area contributed by atoms with Crippen molar-refractivity contribution in [3.8, 4) is 0 Å². The normalized spacial score (nSPS) is 22.1. The number of carbonyl (C=O) groups excluding carboxylic acids is 2. The van der Waals surface area contributed by atoms with Crippen LogP contribution in [0.25, 0.3) is 0 Å².